The molecule has 1 aromatic carbocycles. The minimum atomic E-state index is -0.481. The number of amides is 1. The zero-order valence-electron chi connectivity index (χ0n) is 20.1. The Kier molecular flexibility index (Phi) is 5.86. The van der Waals surface area contributed by atoms with Gasteiger partial charge in [-0.1, -0.05) is 17.3 Å². The highest BCUT2D eigenvalue weighted by atomic mass is 32.1. The van der Waals surface area contributed by atoms with Gasteiger partial charge in [-0.25, -0.2) is 9.97 Å². The number of aromatic nitrogens is 4. The Hall–Kier alpha value is -3.98. The molecule has 0 radical (unpaired) electrons. The van der Waals surface area contributed by atoms with Crippen molar-refractivity contribution < 1.29 is 14.1 Å². The monoisotopic (exact) mass is 487 g/mol. The van der Waals surface area contributed by atoms with Crippen LogP contribution in [-0.2, 0) is 7.05 Å². The molecule has 8 nitrogen and oxygen atoms in total. The summed E-state index contributed by atoms with van der Waals surface area (Å²) in [5, 5.41) is 7.86. The van der Waals surface area contributed by atoms with Gasteiger partial charge < -0.3 is 19.1 Å². The number of nitrogens with one attached hydrogen (secondary N) is 1. The summed E-state index contributed by atoms with van der Waals surface area (Å²) in [6, 6.07) is 11.0. The zero-order valence-corrected chi connectivity index (χ0v) is 20.9. The maximum absolute atomic E-state index is 13.8. The lowest BCUT2D eigenvalue weighted by molar-refractivity contribution is 0.0942. The van der Waals surface area contributed by atoms with E-state index in [1.807, 2.05) is 62.0 Å². The lowest BCUT2D eigenvalue weighted by Crippen LogP contribution is -2.31. The van der Waals surface area contributed by atoms with E-state index >= 15 is 0 Å². The van der Waals surface area contributed by atoms with Gasteiger partial charge in [0.25, 0.3) is 11.6 Å². The molecule has 0 bridgehead atoms. The number of carbonyl (C=O) groups excluding carboxylic acids is 1. The Morgan fingerprint density at radius 3 is 2.57 bits per heavy atom. The zero-order chi connectivity index (χ0) is 24.7. The Bertz CT molecular complexity index is 1530. The van der Waals surface area contributed by atoms with Gasteiger partial charge in [0.15, 0.2) is 0 Å². The molecule has 9 heteroatoms. The summed E-state index contributed by atoms with van der Waals surface area (Å²) in [4.78, 5) is 25.3. The van der Waals surface area contributed by atoms with E-state index in [-0.39, 0.29) is 5.91 Å². The van der Waals surface area contributed by atoms with E-state index in [0.29, 0.717) is 33.9 Å². The number of aryl methyl sites for hydroxylation is 4. The van der Waals surface area contributed by atoms with Gasteiger partial charge in [0, 0.05) is 34.8 Å². The van der Waals surface area contributed by atoms with Crippen molar-refractivity contribution in [2.45, 2.75) is 26.8 Å². The molecule has 4 aromatic heterocycles. The number of rotatable bonds is 6. The van der Waals surface area contributed by atoms with Crippen molar-refractivity contribution in [1.82, 2.24) is 25.0 Å². The number of imidazole rings is 1. The van der Waals surface area contributed by atoms with E-state index in [0.717, 1.165) is 21.8 Å². The van der Waals surface area contributed by atoms with E-state index in [1.54, 1.807) is 24.6 Å². The van der Waals surface area contributed by atoms with Crippen LogP contribution in [-0.4, -0.2) is 32.7 Å². The Morgan fingerprint density at radius 1 is 1.17 bits per heavy atom. The van der Waals surface area contributed by atoms with Crippen molar-refractivity contribution in [2.75, 3.05) is 7.11 Å². The van der Waals surface area contributed by atoms with Crippen LogP contribution in [0.3, 0.4) is 0 Å². The van der Waals surface area contributed by atoms with E-state index in [2.05, 4.69) is 33.4 Å². The Balaban J connectivity index is 1.60. The van der Waals surface area contributed by atoms with Crippen molar-refractivity contribution in [3.63, 3.8) is 0 Å². The molecule has 1 N–H and O–H groups in total. The standard InChI is InChI=1S/C26H25N5O3S/c1-14-12-19(16(3)35-14)21-13-20(22-15(2)30-34-26(22)28-21)25(32)29-23(24-27-10-11-31(24)4)17-6-8-18(33-5)9-7-17/h6-13,23H,1-5H3,(H,29,32). The van der Waals surface area contributed by atoms with Gasteiger partial charge in [-0.2, -0.15) is 0 Å². The highest BCUT2D eigenvalue weighted by Crippen LogP contribution is 2.33. The SMILES string of the molecule is COc1ccc(C(NC(=O)c2cc(-c3cc(C)sc3C)nc3onc(C)c23)c2nccn2C)cc1. The van der Waals surface area contributed by atoms with Gasteiger partial charge in [-0.3, -0.25) is 4.79 Å². The number of carbonyl (C=O) groups is 1. The molecule has 35 heavy (non-hydrogen) atoms. The molecule has 4 heterocycles. The van der Waals surface area contributed by atoms with E-state index in [1.165, 1.54) is 4.88 Å². The van der Waals surface area contributed by atoms with Crippen molar-refractivity contribution in [3.8, 4) is 17.0 Å². The summed E-state index contributed by atoms with van der Waals surface area (Å²) in [5.74, 6) is 1.18. The number of nitrogens with zero attached hydrogens (tertiary/aromatic N) is 4. The number of methoxy groups -OCH3 is 1. The van der Waals surface area contributed by atoms with E-state index in [9.17, 15) is 4.79 Å². The van der Waals surface area contributed by atoms with E-state index in [4.69, 9.17) is 9.26 Å². The molecule has 5 aromatic rings. The fraction of sp³-hybridized carbons (Fsp3) is 0.231. The second kappa shape index (κ2) is 8.99. The van der Waals surface area contributed by atoms with Crippen molar-refractivity contribution in [1.29, 1.82) is 0 Å². The first-order valence-electron chi connectivity index (χ1n) is 11.1. The number of pyridine rings is 1. The number of benzene rings is 1. The normalized spacial score (nSPS) is 12.1. The van der Waals surface area contributed by atoms with Gasteiger partial charge in [-0.05, 0) is 50.6 Å². The van der Waals surface area contributed by atoms with Crippen LogP contribution in [0.15, 0.2) is 53.3 Å². The highest BCUT2D eigenvalue weighted by Gasteiger charge is 2.25. The van der Waals surface area contributed by atoms with Gasteiger partial charge in [0.2, 0.25) is 0 Å². The first-order chi connectivity index (χ1) is 16.9. The van der Waals surface area contributed by atoms with Crippen LogP contribution in [0.5, 0.6) is 5.75 Å². The molecule has 178 valence electrons. The number of hydrogen-bond donors (Lipinski definition) is 1. The average molecular weight is 488 g/mol. The summed E-state index contributed by atoms with van der Waals surface area (Å²) in [6.45, 7) is 5.91. The van der Waals surface area contributed by atoms with Crippen LogP contribution in [0, 0.1) is 20.8 Å². The minimum absolute atomic E-state index is 0.265. The van der Waals surface area contributed by atoms with Crippen molar-refractivity contribution in [2.24, 2.45) is 7.05 Å². The average Bonchev–Trinajstić information content (AvgIpc) is 3.55. The van der Waals surface area contributed by atoms with Gasteiger partial charge in [-0.15, -0.1) is 11.3 Å². The third-order valence-corrected chi connectivity index (χ3v) is 6.99. The number of ether oxygens (including phenoxy) is 1. The molecule has 0 aliphatic carbocycles. The maximum Gasteiger partial charge on any atom is 0.259 e. The molecule has 1 amide bonds. The molecule has 0 saturated heterocycles. The van der Waals surface area contributed by atoms with Crippen LogP contribution in [0.1, 0.15) is 43.2 Å². The topological polar surface area (TPSA) is 95.1 Å². The summed E-state index contributed by atoms with van der Waals surface area (Å²) in [5.41, 5.74) is 3.95. The molecule has 0 aliphatic rings. The smallest absolute Gasteiger partial charge is 0.259 e. The van der Waals surface area contributed by atoms with E-state index < -0.39 is 6.04 Å². The summed E-state index contributed by atoms with van der Waals surface area (Å²) in [7, 11) is 3.52. The largest absolute Gasteiger partial charge is 0.497 e. The highest BCUT2D eigenvalue weighted by molar-refractivity contribution is 7.12. The molecule has 0 spiro atoms. The van der Waals surface area contributed by atoms with Crippen LogP contribution >= 0.6 is 11.3 Å². The van der Waals surface area contributed by atoms with Crippen LogP contribution in [0.25, 0.3) is 22.4 Å². The lowest BCUT2D eigenvalue weighted by atomic mass is 10.0. The second-order valence-electron chi connectivity index (χ2n) is 8.41. The fourth-order valence-electron chi connectivity index (χ4n) is 4.25. The van der Waals surface area contributed by atoms with Crippen molar-refractivity contribution >= 4 is 28.3 Å². The molecule has 1 atom stereocenters. The fourth-order valence-corrected chi connectivity index (χ4v) is 5.19. The number of hydrogen-bond acceptors (Lipinski definition) is 7. The van der Waals surface area contributed by atoms with Gasteiger partial charge >= 0.3 is 0 Å². The van der Waals surface area contributed by atoms with Gasteiger partial charge in [0.05, 0.1) is 29.4 Å². The maximum atomic E-state index is 13.8. The van der Waals surface area contributed by atoms with Gasteiger partial charge in [0.1, 0.15) is 17.6 Å². The van der Waals surface area contributed by atoms with Crippen LogP contribution < -0.4 is 10.1 Å². The first kappa shape index (κ1) is 22.8. The molecule has 0 fully saturated rings. The van der Waals surface area contributed by atoms with Crippen LogP contribution in [0.4, 0.5) is 0 Å². The molecule has 0 aliphatic heterocycles. The lowest BCUT2D eigenvalue weighted by Gasteiger charge is -2.20. The second-order valence-corrected chi connectivity index (χ2v) is 9.87. The predicted molar refractivity (Wildman–Crippen MR) is 135 cm³/mol. The third kappa shape index (κ3) is 4.19. The minimum Gasteiger partial charge on any atom is -0.497 e. The molecule has 1 unspecified atom stereocenters. The molecule has 0 saturated carbocycles. The molecule has 5 rings (SSSR count). The Labute approximate surface area is 206 Å². The molecular weight excluding hydrogens is 462 g/mol. The summed E-state index contributed by atoms with van der Waals surface area (Å²) >= 11 is 1.69. The summed E-state index contributed by atoms with van der Waals surface area (Å²) in [6.07, 6.45) is 3.57. The summed E-state index contributed by atoms with van der Waals surface area (Å²) < 4.78 is 12.7. The van der Waals surface area contributed by atoms with Crippen molar-refractivity contribution in [3.05, 3.63) is 81.2 Å². The quantitative estimate of drug-likeness (QED) is 0.356. The third-order valence-electron chi connectivity index (χ3n) is 6.02. The number of thiophene rings is 1. The Morgan fingerprint density at radius 2 is 1.94 bits per heavy atom. The molecular formula is C26H25N5O3S. The first-order valence-corrected chi connectivity index (χ1v) is 11.9. The van der Waals surface area contributed by atoms with Crippen LogP contribution in [0.2, 0.25) is 0 Å². The number of fused-ring (bicyclic) bond motifs is 1. The predicted octanol–water partition coefficient (Wildman–Crippen LogP) is 5.14.